The van der Waals surface area contributed by atoms with E-state index in [1.54, 1.807) is 28.8 Å². The van der Waals surface area contributed by atoms with E-state index in [2.05, 4.69) is 5.32 Å². The van der Waals surface area contributed by atoms with Crippen LogP contribution in [0.25, 0.3) is 0 Å². The van der Waals surface area contributed by atoms with Gasteiger partial charge in [-0.05, 0) is 55.2 Å². The van der Waals surface area contributed by atoms with Gasteiger partial charge in [-0.25, -0.2) is 0 Å². The predicted molar refractivity (Wildman–Crippen MR) is 105 cm³/mol. The van der Waals surface area contributed by atoms with E-state index in [1.807, 2.05) is 18.2 Å². The number of carbonyl (C=O) groups excluding carboxylic acids is 2. The van der Waals surface area contributed by atoms with Gasteiger partial charge in [-0.15, -0.1) is 11.8 Å². The monoisotopic (exact) mass is 404 g/mol. The van der Waals surface area contributed by atoms with Crippen molar-refractivity contribution in [2.75, 3.05) is 18.8 Å². The minimum absolute atomic E-state index is 0.00905. The van der Waals surface area contributed by atoms with Crippen molar-refractivity contribution in [3.63, 3.8) is 0 Å². The first-order chi connectivity index (χ1) is 13.1. The SMILES string of the molecule is O=C(N[C@H]1CCSc2ccc(Cl)cc21)[C@@H]1CCCN(C(=O)c2ccco2)C1. The summed E-state index contributed by atoms with van der Waals surface area (Å²) in [7, 11) is 0. The van der Waals surface area contributed by atoms with Crippen molar-refractivity contribution in [1.29, 1.82) is 0 Å². The molecular formula is C20H21ClN2O3S. The van der Waals surface area contributed by atoms with E-state index in [0.717, 1.165) is 30.6 Å². The lowest BCUT2D eigenvalue weighted by Gasteiger charge is -2.33. The Bertz CT molecular complexity index is 840. The smallest absolute Gasteiger partial charge is 0.289 e. The number of fused-ring (bicyclic) bond motifs is 1. The molecule has 3 heterocycles. The van der Waals surface area contributed by atoms with Crippen LogP contribution in [-0.2, 0) is 4.79 Å². The molecule has 1 saturated heterocycles. The van der Waals surface area contributed by atoms with Crippen LogP contribution < -0.4 is 5.32 Å². The number of hydrogen-bond donors (Lipinski definition) is 1. The Kier molecular flexibility index (Phi) is 5.45. The van der Waals surface area contributed by atoms with Crippen molar-refractivity contribution in [2.45, 2.75) is 30.2 Å². The van der Waals surface area contributed by atoms with E-state index in [0.29, 0.717) is 23.9 Å². The molecule has 0 aliphatic carbocycles. The van der Waals surface area contributed by atoms with Crippen LogP contribution in [0.3, 0.4) is 0 Å². The van der Waals surface area contributed by atoms with Crippen molar-refractivity contribution >= 4 is 35.2 Å². The molecule has 1 fully saturated rings. The molecule has 0 radical (unpaired) electrons. The highest BCUT2D eigenvalue weighted by molar-refractivity contribution is 7.99. The third-order valence-electron chi connectivity index (χ3n) is 5.14. The molecule has 2 atom stereocenters. The highest BCUT2D eigenvalue weighted by atomic mass is 35.5. The first kappa shape index (κ1) is 18.4. The number of halogens is 1. The number of nitrogens with one attached hydrogen (secondary N) is 1. The summed E-state index contributed by atoms with van der Waals surface area (Å²) >= 11 is 7.95. The molecule has 2 aliphatic heterocycles. The second-order valence-corrected chi connectivity index (χ2v) is 8.52. The number of likely N-dealkylation sites (tertiary alicyclic amines) is 1. The van der Waals surface area contributed by atoms with Crippen molar-refractivity contribution in [3.8, 4) is 0 Å². The van der Waals surface area contributed by atoms with Gasteiger partial charge in [0.1, 0.15) is 0 Å². The van der Waals surface area contributed by atoms with E-state index in [-0.39, 0.29) is 23.8 Å². The molecule has 7 heteroatoms. The second kappa shape index (κ2) is 7.98. The fourth-order valence-electron chi connectivity index (χ4n) is 3.74. The van der Waals surface area contributed by atoms with Gasteiger partial charge in [0.05, 0.1) is 18.2 Å². The van der Waals surface area contributed by atoms with E-state index >= 15 is 0 Å². The van der Waals surface area contributed by atoms with Crippen molar-refractivity contribution in [3.05, 3.63) is 52.9 Å². The van der Waals surface area contributed by atoms with Gasteiger partial charge in [0.2, 0.25) is 5.91 Å². The molecule has 2 aromatic rings. The highest BCUT2D eigenvalue weighted by Crippen LogP contribution is 2.37. The molecule has 1 aromatic heterocycles. The fraction of sp³-hybridized carbons (Fsp3) is 0.400. The number of nitrogens with zero attached hydrogens (tertiary/aromatic N) is 1. The third kappa shape index (κ3) is 4.01. The Labute approximate surface area is 167 Å². The summed E-state index contributed by atoms with van der Waals surface area (Å²) in [6.07, 6.45) is 3.97. The van der Waals surface area contributed by atoms with Gasteiger partial charge in [-0.3, -0.25) is 9.59 Å². The zero-order valence-corrected chi connectivity index (χ0v) is 16.4. The lowest BCUT2D eigenvalue weighted by Crippen LogP contribution is -2.46. The number of piperidine rings is 1. The Morgan fingerprint density at radius 3 is 2.96 bits per heavy atom. The number of rotatable bonds is 3. The van der Waals surface area contributed by atoms with Crippen LogP contribution in [0, 0.1) is 5.92 Å². The Morgan fingerprint density at radius 2 is 2.15 bits per heavy atom. The van der Waals surface area contributed by atoms with Gasteiger partial charge in [0.25, 0.3) is 5.91 Å². The predicted octanol–water partition coefficient (Wildman–Crippen LogP) is 4.14. The fourth-order valence-corrected chi connectivity index (χ4v) is 5.02. The molecule has 0 saturated carbocycles. The number of thioether (sulfide) groups is 1. The molecule has 2 amide bonds. The van der Waals surface area contributed by atoms with Crippen molar-refractivity contribution in [2.24, 2.45) is 5.92 Å². The quantitative estimate of drug-likeness (QED) is 0.835. The molecule has 27 heavy (non-hydrogen) atoms. The number of carbonyl (C=O) groups is 2. The standard InChI is InChI=1S/C20H21ClN2O3S/c21-14-5-6-18-15(11-14)16(7-10-27-18)22-19(24)13-3-1-8-23(12-13)20(25)17-4-2-9-26-17/h2,4-6,9,11,13,16H,1,3,7-8,10,12H2,(H,22,24)/t13-,16+/m1/s1. The van der Waals surface area contributed by atoms with Crippen molar-refractivity contribution < 1.29 is 14.0 Å². The van der Waals surface area contributed by atoms with E-state index in [4.69, 9.17) is 16.0 Å². The van der Waals surface area contributed by atoms with Crippen LogP contribution in [0.5, 0.6) is 0 Å². The highest BCUT2D eigenvalue weighted by Gasteiger charge is 2.32. The van der Waals surface area contributed by atoms with Crippen LogP contribution in [0.2, 0.25) is 5.02 Å². The van der Waals surface area contributed by atoms with Crippen LogP contribution >= 0.6 is 23.4 Å². The topological polar surface area (TPSA) is 62.6 Å². The molecule has 1 aromatic carbocycles. The van der Waals surface area contributed by atoms with Crippen LogP contribution in [-0.4, -0.2) is 35.6 Å². The lowest BCUT2D eigenvalue weighted by atomic mass is 9.95. The summed E-state index contributed by atoms with van der Waals surface area (Å²) in [6.45, 7) is 1.08. The molecule has 2 aliphatic rings. The average molecular weight is 405 g/mol. The molecule has 0 bridgehead atoms. The minimum atomic E-state index is -0.199. The Balaban J connectivity index is 1.43. The Hall–Kier alpha value is -1.92. The van der Waals surface area contributed by atoms with Crippen LogP contribution in [0.1, 0.15) is 41.4 Å². The summed E-state index contributed by atoms with van der Waals surface area (Å²) in [6, 6.07) is 9.18. The van der Waals surface area contributed by atoms with E-state index in [9.17, 15) is 9.59 Å². The zero-order chi connectivity index (χ0) is 18.8. The number of amides is 2. The molecule has 1 N–H and O–H groups in total. The van der Waals surface area contributed by atoms with Gasteiger partial charge < -0.3 is 14.6 Å². The second-order valence-electron chi connectivity index (χ2n) is 6.95. The number of benzene rings is 1. The molecule has 4 rings (SSSR count). The van der Waals surface area contributed by atoms with E-state index < -0.39 is 0 Å². The minimum Gasteiger partial charge on any atom is -0.459 e. The Morgan fingerprint density at radius 1 is 1.26 bits per heavy atom. The van der Waals surface area contributed by atoms with Gasteiger partial charge in [0.15, 0.2) is 5.76 Å². The lowest BCUT2D eigenvalue weighted by molar-refractivity contribution is -0.127. The zero-order valence-electron chi connectivity index (χ0n) is 14.8. The average Bonchev–Trinajstić information content (AvgIpc) is 3.23. The van der Waals surface area contributed by atoms with Gasteiger partial charge in [-0.2, -0.15) is 0 Å². The molecular weight excluding hydrogens is 384 g/mol. The van der Waals surface area contributed by atoms with Crippen molar-refractivity contribution in [1.82, 2.24) is 10.2 Å². The normalized spacial score (nSPS) is 22.2. The largest absolute Gasteiger partial charge is 0.459 e. The first-order valence-electron chi connectivity index (χ1n) is 9.17. The maximum absolute atomic E-state index is 12.9. The molecule has 0 unspecified atom stereocenters. The molecule has 5 nitrogen and oxygen atoms in total. The number of furan rings is 1. The summed E-state index contributed by atoms with van der Waals surface area (Å²) in [5, 5.41) is 3.88. The van der Waals surface area contributed by atoms with Crippen LogP contribution in [0.4, 0.5) is 0 Å². The third-order valence-corrected chi connectivity index (χ3v) is 6.50. The summed E-state index contributed by atoms with van der Waals surface area (Å²) in [5.41, 5.74) is 1.09. The molecule has 0 spiro atoms. The summed E-state index contributed by atoms with van der Waals surface area (Å²) in [5.74, 6) is 0.949. The van der Waals surface area contributed by atoms with Crippen LogP contribution in [0.15, 0.2) is 45.9 Å². The summed E-state index contributed by atoms with van der Waals surface area (Å²) in [4.78, 5) is 28.3. The first-order valence-corrected chi connectivity index (χ1v) is 10.5. The van der Waals surface area contributed by atoms with E-state index in [1.165, 1.54) is 11.2 Å². The van der Waals surface area contributed by atoms with Gasteiger partial charge in [-0.1, -0.05) is 11.6 Å². The summed E-state index contributed by atoms with van der Waals surface area (Å²) < 4.78 is 5.21. The molecule has 142 valence electrons. The number of hydrogen-bond acceptors (Lipinski definition) is 4. The van der Waals surface area contributed by atoms with Gasteiger partial charge in [0, 0.05) is 28.8 Å². The van der Waals surface area contributed by atoms with Gasteiger partial charge >= 0.3 is 0 Å². The maximum atomic E-state index is 12.9. The maximum Gasteiger partial charge on any atom is 0.289 e.